The molecule has 2 heterocycles. The lowest BCUT2D eigenvalue weighted by Crippen LogP contribution is -2.35. The van der Waals surface area contributed by atoms with Gasteiger partial charge in [0.1, 0.15) is 5.69 Å². The molecule has 1 aromatic carbocycles. The fourth-order valence-corrected chi connectivity index (χ4v) is 5.03. The van der Waals surface area contributed by atoms with Gasteiger partial charge in [0.15, 0.2) is 0 Å². The van der Waals surface area contributed by atoms with Crippen LogP contribution in [0.4, 0.5) is 13.2 Å². The zero-order valence-electron chi connectivity index (χ0n) is 18.1. The first-order chi connectivity index (χ1) is 15.2. The van der Waals surface area contributed by atoms with E-state index in [1.165, 1.54) is 0 Å². The maximum Gasteiger partial charge on any atom is 0.390 e. The van der Waals surface area contributed by atoms with Gasteiger partial charge in [0.25, 0.3) is 5.91 Å². The monoisotopic (exact) mass is 468 g/mol. The van der Waals surface area contributed by atoms with E-state index in [-0.39, 0.29) is 12.5 Å². The maximum absolute atomic E-state index is 13.3. The number of amides is 1. The fourth-order valence-electron chi connectivity index (χ4n) is 4.82. The van der Waals surface area contributed by atoms with Crippen molar-refractivity contribution in [2.24, 2.45) is 17.8 Å². The Morgan fingerprint density at radius 2 is 2.00 bits per heavy atom. The highest BCUT2D eigenvalue weighted by Crippen LogP contribution is 2.52. The summed E-state index contributed by atoms with van der Waals surface area (Å²) in [5, 5.41) is 0.616. The predicted octanol–water partition coefficient (Wildman–Crippen LogP) is 4.72. The van der Waals surface area contributed by atoms with Crippen molar-refractivity contribution in [2.75, 3.05) is 26.2 Å². The number of hydrogen-bond acceptors (Lipinski definition) is 3. The highest BCUT2D eigenvalue weighted by molar-refractivity contribution is 6.30. The summed E-state index contributed by atoms with van der Waals surface area (Å²) < 4.78 is 39.5. The second-order valence-electron chi connectivity index (χ2n) is 8.93. The number of aromatic nitrogens is 2. The lowest BCUT2D eigenvalue weighted by Gasteiger charge is -2.25. The van der Waals surface area contributed by atoms with Crippen molar-refractivity contribution in [2.45, 2.75) is 39.0 Å². The van der Waals surface area contributed by atoms with E-state index < -0.39 is 12.6 Å². The van der Waals surface area contributed by atoms with Gasteiger partial charge in [-0.3, -0.25) is 4.79 Å². The molecule has 5 nitrogen and oxygen atoms in total. The number of piperidine rings is 1. The van der Waals surface area contributed by atoms with Crippen LogP contribution in [0.2, 0.25) is 5.02 Å². The largest absolute Gasteiger partial charge is 0.390 e. The third-order valence-electron chi connectivity index (χ3n) is 6.47. The number of imidazole rings is 1. The second-order valence-corrected chi connectivity index (χ2v) is 9.37. The Bertz CT molecular complexity index is 935. The zero-order valence-corrected chi connectivity index (χ0v) is 18.8. The van der Waals surface area contributed by atoms with Crippen LogP contribution >= 0.6 is 11.6 Å². The number of alkyl halides is 3. The Morgan fingerprint density at radius 3 is 2.66 bits per heavy atom. The molecule has 174 valence electrons. The Morgan fingerprint density at radius 1 is 1.25 bits per heavy atom. The number of aryl methyl sites for hydroxylation is 1. The molecular formula is C23H28ClF3N4O. The highest BCUT2D eigenvalue weighted by atomic mass is 35.5. The van der Waals surface area contributed by atoms with Gasteiger partial charge in [0, 0.05) is 50.5 Å². The average Bonchev–Trinajstić information content (AvgIpc) is 3.10. The molecule has 0 spiro atoms. The third-order valence-corrected chi connectivity index (χ3v) is 6.71. The van der Waals surface area contributed by atoms with Crippen LogP contribution in [0.3, 0.4) is 0 Å². The van der Waals surface area contributed by atoms with Crippen molar-refractivity contribution in [3.05, 3.63) is 53.1 Å². The second kappa shape index (κ2) is 9.43. The highest BCUT2D eigenvalue weighted by Gasteiger charge is 2.56. The summed E-state index contributed by atoms with van der Waals surface area (Å²) in [4.78, 5) is 21.3. The maximum atomic E-state index is 13.3. The molecule has 2 unspecified atom stereocenters. The zero-order chi connectivity index (χ0) is 22.9. The summed E-state index contributed by atoms with van der Waals surface area (Å²) >= 11 is 6.13. The van der Waals surface area contributed by atoms with Crippen molar-refractivity contribution < 1.29 is 18.0 Å². The summed E-state index contributed by atoms with van der Waals surface area (Å²) in [6, 6.07) is 7.45. The molecule has 9 heteroatoms. The number of hydrogen-bond donors (Lipinski definition) is 0. The van der Waals surface area contributed by atoms with Gasteiger partial charge in [0.05, 0.1) is 12.7 Å². The SMILES string of the molecule is CCCn1cnc(C(=O)N(Cc2cccc(Cl)c2)CC2C3CN(CCC(F)(F)F)CC32)c1. The molecule has 2 aromatic rings. The van der Waals surface area contributed by atoms with Crippen LogP contribution in [-0.2, 0) is 13.1 Å². The first kappa shape index (κ1) is 23.1. The summed E-state index contributed by atoms with van der Waals surface area (Å²) in [5.41, 5.74) is 1.36. The van der Waals surface area contributed by atoms with Crippen molar-refractivity contribution in [3.8, 4) is 0 Å². The Kier molecular flexibility index (Phi) is 6.81. The number of carbonyl (C=O) groups excluding carboxylic acids is 1. The van der Waals surface area contributed by atoms with E-state index in [1.54, 1.807) is 18.6 Å². The van der Waals surface area contributed by atoms with E-state index in [0.29, 0.717) is 54.6 Å². The minimum Gasteiger partial charge on any atom is -0.337 e. The first-order valence-electron chi connectivity index (χ1n) is 11.1. The van der Waals surface area contributed by atoms with E-state index in [4.69, 9.17) is 11.6 Å². The minimum absolute atomic E-state index is 0.0588. The number of fused-ring (bicyclic) bond motifs is 1. The molecule has 32 heavy (non-hydrogen) atoms. The van der Waals surface area contributed by atoms with Crippen molar-refractivity contribution in [1.29, 1.82) is 0 Å². The van der Waals surface area contributed by atoms with Crippen LogP contribution < -0.4 is 0 Å². The van der Waals surface area contributed by atoms with Gasteiger partial charge in [-0.05, 0) is 41.9 Å². The molecular weight excluding hydrogens is 441 g/mol. The summed E-state index contributed by atoms with van der Waals surface area (Å²) in [5.74, 6) is 0.905. The van der Waals surface area contributed by atoms with Crippen molar-refractivity contribution >= 4 is 17.5 Å². The third kappa shape index (κ3) is 5.64. The molecule has 0 radical (unpaired) electrons. The fraction of sp³-hybridized carbons (Fsp3) is 0.565. The predicted molar refractivity (Wildman–Crippen MR) is 116 cm³/mol. The molecule has 0 bridgehead atoms. The van der Waals surface area contributed by atoms with Gasteiger partial charge in [-0.15, -0.1) is 0 Å². The van der Waals surface area contributed by atoms with Gasteiger partial charge in [-0.25, -0.2) is 4.98 Å². The molecule has 4 rings (SSSR count). The molecule has 2 aliphatic rings. The molecule has 1 aliphatic carbocycles. The van der Waals surface area contributed by atoms with E-state index in [1.807, 2.05) is 32.6 Å². The Hall–Kier alpha value is -2.06. The summed E-state index contributed by atoms with van der Waals surface area (Å²) in [6.45, 7) is 5.28. The molecule has 2 atom stereocenters. The number of likely N-dealkylation sites (tertiary alicyclic amines) is 1. The van der Waals surface area contributed by atoms with Gasteiger partial charge in [0.2, 0.25) is 0 Å². The van der Waals surface area contributed by atoms with Crippen molar-refractivity contribution in [1.82, 2.24) is 19.4 Å². The number of rotatable bonds is 9. The van der Waals surface area contributed by atoms with Crippen LogP contribution in [0.5, 0.6) is 0 Å². The number of halogens is 4. The van der Waals surface area contributed by atoms with Crippen LogP contribution in [0.15, 0.2) is 36.8 Å². The molecule has 1 amide bonds. The molecule has 1 saturated heterocycles. The summed E-state index contributed by atoms with van der Waals surface area (Å²) in [7, 11) is 0. The van der Waals surface area contributed by atoms with E-state index in [2.05, 4.69) is 11.9 Å². The molecule has 1 aliphatic heterocycles. The molecule has 2 fully saturated rings. The van der Waals surface area contributed by atoms with Crippen LogP contribution in [0.25, 0.3) is 0 Å². The van der Waals surface area contributed by atoms with Crippen LogP contribution in [0.1, 0.15) is 35.8 Å². The number of nitrogens with zero attached hydrogens (tertiary/aromatic N) is 4. The van der Waals surface area contributed by atoms with E-state index >= 15 is 0 Å². The lowest BCUT2D eigenvalue weighted by molar-refractivity contribution is -0.137. The summed E-state index contributed by atoms with van der Waals surface area (Å²) in [6.07, 6.45) is -0.473. The average molecular weight is 469 g/mol. The van der Waals surface area contributed by atoms with Gasteiger partial charge in [-0.2, -0.15) is 13.2 Å². The molecule has 0 N–H and O–H groups in total. The van der Waals surface area contributed by atoms with Gasteiger partial charge in [-0.1, -0.05) is 30.7 Å². The Balaban J connectivity index is 1.41. The van der Waals surface area contributed by atoms with Gasteiger partial charge >= 0.3 is 6.18 Å². The van der Waals surface area contributed by atoms with Crippen LogP contribution in [0, 0.1) is 17.8 Å². The smallest absolute Gasteiger partial charge is 0.337 e. The standard InChI is InChI=1S/C23H28ClF3N4O/c1-2-7-30-14-21(28-15-30)22(32)31(10-16-4-3-5-17(24)9-16)13-20-18-11-29(12-19(18)20)8-6-23(25,26)27/h3-5,9,14-15,18-20H,2,6-8,10-13H2,1H3. The number of benzene rings is 1. The van der Waals surface area contributed by atoms with Crippen LogP contribution in [-0.4, -0.2) is 57.6 Å². The van der Waals surface area contributed by atoms with Gasteiger partial charge < -0.3 is 14.4 Å². The molecule has 1 saturated carbocycles. The quantitative estimate of drug-likeness (QED) is 0.534. The van der Waals surface area contributed by atoms with E-state index in [9.17, 15) is 18.0 Å². The number of carbonyl (C=O) groups is 1. The minimum atomic E-state index is -4.12. The topological polar surface area (TPSA) is 41.4 Å². The first-order valence-corrected chi connectivity index (χ1v) is 11.5. The molecule has 1 aromatic heterocycles. The van der Waals surface area contributed by atoms with E-state index in [0.717, 1.165) is 18.5 Å². The Labute approximate surface area is 191 Å². The lowest BCUT2D eigenvalue weighted by atomic mass is 10.1. The van der Waals surface area contributed by atoms with Crippen molar-refractivity contribution in [3.63, 3.8) is 0 Å². The normalized spacial score (nSPS) is 22.7.